The number of fused-ring (bicyclic) bond motifs is 1. The molecule has 0 radical (unpaired) electrons. The number of carbonyl (C=O) groups excluding carboxylic acids is 1. The van der Waals surface area contributed by atoms with Crippen LogP contribution in [0.5, 0.6) is 0 Å². The molecular weight excluding hydrogens is 164 g/mol. The van der Waals surface area contributed by atoms with Gasteiger partial charge in [0.25, 0.3) is 0 Å². The van der Waals surface area contributed by atoms with Crippen LogP contribution in [-0.2, 0) is 4.74 Å². The second-order valence-electron chi connectivity index (χ2n) is 3.29. The summed E-state index contributed by atoms with van der Waals surface area (Å²) in [6, 6.07) is 3.79. The summed E-state index contributed by atoms with van der Waals surface area (Å²) in [5, 5.41) is 0. The first-order valence-electron chi connectivity index (χ1n) is 4.12. The molecule has 1 aliphatic rings. The van der Waals surface area contributed by atoms with Crippen molar-refractivity contribution in [1.82, 2.24) is 0 Å². The zero-order valence-electron chi connectivity index (χ0n) is 7.68. The van der Waals surface area contributed by atoms with E-state index >= 15 is 0 Å². The van der Waals surface area contributed by atoms with E-state index in [2.05, 4.69) is 6.58 Å². The van der Waals surface area contributed by atoms with Gasteiger partial charge >= 0.3 is 5.97 Å². The molecule has 0 unspecified atom stereocenters. The normalized spacial score (nSPS) is 14.3. The lowest BCUT2D eigenvalue weighted by molar-refractivity contribution is 0.0716. The van der Waals surface area contributed by atoms with Crippen molar-refractivity contribution >= 4 is 11.7 Å². The van der Waals surface area contributed by atoms with Crippen LogP contribution in [0, 0.1) is 13.8 Å². The van der Waals surface area contributed by atoms with Gasteiger partial charge in [-0.25, -0.2) is 4.79 Å². The van der Waals surface area contributed by atoms with Gasteiger partial charge in [0.05, 0.1) is 5.56 Å². The molecule has 2 heteroatoms. The molecule has 0 aliphatic carbocycles. The van der Waals surface area contributed by atoms with Crippen LogP contribution in [0.25, 0.3) is 5.76 Å². The van der Waals surface area contributed by atoms with Crippen molar-refractivity contribution in [2.24, 2.45) is 0 Å². The molecule has 0 bridgehead atoms. The number of hydrogen-bond acceptors (Lipinski definition) is 2. The number of aryl methyl sites for hydroxylation is 2. The molecule has 1 heterocycles. The van der Waals surface area contributed by atoms with E-state index in [-0.39, 0.29) is 5.97 Å². The summed E-state index contributed by atoms with van der Waals surface area (Å²) in [5.41, 5.74) is 3.71. The lowest BCUT2D eigenvalue weighted by Crippen LogP contribution is -1.94. The van der Waals surface area contributed by atoms with Gasteiger partial charge in [-0.3, -0.25) is 0 Å². The van der Waals surface area contributed by atoms with Crippen LogP contribution in [0.1, 0.15) is 27.0 Å². The standard InChI is InChI=1S/C11H10O2/c1-6-4-9-8(3)13-11(12)10(9)5-7(6)2/h4-5H,3H2,1-2H3. The van der Waals surface area contributed by atoms with Crippen LogP contribution >= 0.6 is 0 Å². The van der Waals surface area contributed by atoms with Crippen molar-refractivity contribution in [3.63, 3.8) is 0 Å². The fourth-order valence-electron chi connectivity index (χ4n) is 1.44. The quantitative estimate of drug-likeness (QED) is 0.565. The summed E-state index contributed by atoms with van der Waals surface area (Å²) >= 11 is 0. The van der Waals surface area contributed by atoms with E-state index in [4.69, 9.17) is 4.74 Å². The lowest BCUT2D eigenvalue weighted by atomic mass is 10.0. The molecule has 2 rings (SSSR count). The molecule has 0 atom stereocenters. The summed E-state index contributed by atoms with van der Waals surface area (Å²) in [4.78, 5) is 11.3. The maximum Gasteiger partial charge on any atom is 0.344 e. The third-order valence-electron chi connectivity index (χ3n) is 2.37. The van der Waals surface area contributed by atoms with Crippen molar-refractivity contribution in [1.29, 1.82) is 0 Å². The molecule has 2 nitrogen and oxygen atoms in total. The van der Waals surface area contributed by atoms with Gasteiger partial charge in [-0.05, 0) is 37.1 Å². The molecule has 66 valence electrons. The Balaban J connectivity index is 2.72. The van der Waals surface area contributed by atoms with Crippen LogP contribution in [0.15, 0.2) is 18.7 Å². The van der Waals surface area contributed by atoms with Crippen molar-refractivity contribution in [2.45, 2.75) is 13.8 Å². The Morgan fingerprint density at radius 1 is 1.15 bits per heavy atom. The second kappa shape index (κ2) is 2.46. The van der Waals surface area contributed by atoms with E-state index in [1.54, 1.807) is 0 Å². The van der Waals surface area contributed by atoms with Gasteiger partial charge in [-0.2, -0.15) is 0 Å². The molecule has 0 N–H and O–H groups in total. The fourth-order valence-corrected chi connectivity index (χ4v) is 1.44. The predicted molar refractivity (Wildman–Crippen MR) is 50.4 cm³/mol. The Morgan fingerprint density at radius 2 is 1.69 bits per heavy atom. The molecular formula is C11H10O2. The molecule has 1 aromatic carbocycles. The minimum absolute atomic E-state index is 0.289. The average molecular weight is 174 g/mol. The number of cyclic esters (lactones) is 1. The van der Waals surface area contributed by atoms with E-state index in [1.165, 1.54) is 0 Å². The molecule has 1 aliphatic heterocycles. The van der Waals surface area contributed by atoms with E-state index in [0.29, 0.717) is 11.3 Å². The predicted octanol–water partition coefficient (Wildman–Crippen LogP) is 2.44. The SMILES string of the molecule is C=C1OC(=O)c2cc(C)c(C)cc21. The largest absolute Gasteiger partial charge is 0.423 e. The van der Waals surface area contributed by atoms with Crippen LogP contribution in [0.2, 0.25) is 0 Å². The first kappa shape index (κ1) is 8.05. The Morgan fingerprint density at radius 3 is 2.31 bits per heavy atom. The highest BCUT2D eigenvalue weighted by atomic mass is 16.5. The summed E-state index contributed by atoms with van der Waals surface area (Å²) in [7, 11) is 0. The third kappa shape index (κ3) is 1.06. The van der Waals surface area contributed by atoms with Crippen LogP contribution in [-0.4, -0.2) is 5.97 Å². The van der Waals surface area contributed by atoms with Crippen molar-refractivity contribution in [2.75, 3.05) is 0 Å². The fraction of sp³-hybridized carbons (Fsp3) is 0.182. The molecule has 1 aromatic rings. The van der Waals surface area contributed by atoms with Gasteiger partial charge in [0.2, 0.25) is 0 Å². The van der Waals surface area contributed by atoms with Gasteiger partial charge in [0.1, 0.15) is 5.76 Å². The molecule has 0 amide bonds. The summed E-state index contributed by atoms with van der Waals surface area (Å²) in [6.45, 7) is 7.66. The van der Waals surface area contributed by atoms with Crippen LogP contribution in [0.4, 0.5) is 0 Å². The highest BCUT2D eigenvalue weighted by Gasteiger charge is 2.25. The zero-order chi connectivity index (χ0) is 9.59. The first-order chi connectivity index (χ1) is 6.09. The van der Waals surface area contributed by atoms with E-state index in [0.717, 1.165) is 16.7 Å². The molecule has 0 saturated heterocycles. The van der Waals surface area contributed by atoms with Gasteiger partial charge in [0.15, 0.2) is 0 Å². The average Bonchev–Trinajstić information content (AvgIpc) is 2.31. The maximum atomic E-state index is 11.3. The number of rotatable bonds is 0. The Kier molecular flexibility index (Phi) is 1.52. The monoisotopic (exact) mass is 174 g/mol. The Labute approximate surface area is 76.8 Å². The van der Waals surface area contributed by atoms with Gasteiger partial charge in [0, 0.05) is 5.56 Å². The van der Waals surface area contributed by atoms with E-state index in [9.17, 15) is 4.79 Å². The Bertz CT molecular complexity index is 377. The Hall–Kier alpha value is -1.57. The first-order valence-corrected chi connectivity index (χ1v) is 4.12. The third-order valence-corrected chi connectivity index (χ3v) is 2.37. The van der Waals surface area contributed by atoms with E-state index < -0.39 is 0 Å². The number of carbonyl (C=O) groups is 1. The number of hydrogen-bond donors (Lipinski definition) is 0. The second-order valence-corrected chi connectivity index (χ2v) is 3.29. The van der Waals surface area contributed by atoms with Crippen LogP contribution < -0.4 is 0 Å². The molecule has 13 heavy (non-hydrogen) atoms. The lowest BCUT2D eigenvalue weighted by Gasteiger charge is -2.01. The van der Waals surface area contributed by atoms with Crippen molar-refractivity contribution in [3.05, 3.63) is 41.0 Å². The summed E-state index contributed by atoms with van der Waals surface area (Å²) in [5.74, 6) is 0.172. The molecule has 0 fully saturated rings. The van der Waals surface area contributed by atoms with Crippen molar-refractivity contribution in [3.8, 4) is 0 Å². The minimum atomic E-state index is -0.289. The highest BCUT2D eigenvalue weighted by Crippen LogP contribution is 2.30. The highest BCUT2D eigenvalue weighted by molar-refractivity contribution is 6.02. The van der Waals surface area contributed by atoms with Crippen LogP contribution in [0.3, 0.4) is 0 Å². The number of ether oxygens (including phenoxy) is 1. The van der Waals surface area contributed by atoms with Gasteiger partial charge in [-0.15, -0.1) is 0 Å². The molecule has 0 saturated carbocycles. The zero-order valence-corrected chi connectivity index (χ0v) is 7.68. The van der Waals surface area contributed by atoms with Gasteiger partial charge in [-0.1, -0.05) is 6.58 Å². The minimum Gasteiger partial charge on any atom is -0.423 e. The molecule has 0 aromatic heterocycles. The number of benzene rings is 1. The molecule has 0 spiro atoms. The summed E-state index contributed by atoms with van der Waals surface area (Å²) < 4.78 is 4.91. The topological polar surface area (TPSA) is 26.3 Å². The van der Waals surface area contributed by atoms with E-state index in [1.807, 2.05) is 26.0 Å². The number of esters is 1. The van der Waals surface area contributed by atoms with Gasteiger partial charge < -0.3 is 4.74 Å². The van der Waals surface area contributed by atoms with Crippen molar-refractivity contribution < 1.29 is 9.53 Å². The summed E-state index contributed by atoms with van der Waals surface area (Å²) in [6.07, 6.45) is 0. The maximum absolute atomic E-state index is 11.3. The smallest absolute Gasteiger partial charge is 0.344 e.